The Balaban J connectivity index is 2.72. The first kappa shape index (κ1) is 9.79. The number of carboxylic acid groups (broad SMARTS) is 2. The van der Waals surface area contributed by atoms with Gasteiger partial charge in [0.05, 0.1) is 12.6 Å². The number of β-amino-alcohol motifs (C(OH)–C–C–N with tert-alkyl or cyclic N) is 1. The number of piperidine rings is 1. The van der Waals surface area contributed by atoms with Gasteiger partial charge < -0.3 is 15.3 Å². The number of likely N-dealkylation sites (tertiary alicyclic amines) is 1. The van der Waals surface area contributed by atoms with Crippen LogP contribution >= 0.6 is 0 Å². The van der Waals surface area contributed by atoms with Crippen LogP contribution in [0.25, 0.3) is 0 Å². The fourth-order valence-corrected chi connectivity index (χ4v) is 1.42. The summed E-state index contributed by atoms with van der Waals surface area (Å²) < 4.78 is 0. The van der Waals surface area contributed by atoms with Crippen molar-refractivity contribution >= 4 is 12.1 Å². The number of aliphatic carboxylic acids is 1. The topological polar surface area (TPSA) is 98.1 Å². The van der Waals surface area contributed by atoms with Crippen LogP contribution in [0.1, 0.15) is 12.8 Å². The average Bonchev–Trinajstić information content (AvgIpc) is 2.03. The van der Waals surface area contributed by atoms with Gasteiger partial charge in [-0.15, -0.1) is 0 Å². The highest BCUT2D eigenvalue weighted by Crippen LogP contribution is 2.17. The monoisotopic (exact) mass is 189 g/mol. The van der Waals surface area contributed by atoms with E-state index in [4.69, 9.17) is 15.3 Å². The van der Waals surface area contributed by atoms with Crippen LogP contribution in [0.15, 0.2) is 0 Å². The molecule has 0 aromatic heterocycles. The predicted octanol–water partition coefficient (Wildman–Crippen LogP) is -0.426. The van der Waals surface area contributed by atoms with Crippen LogP contribution in [-0.4, -0.2) is 51.0 Å². The van der Waals surface area contributed by atoms with Crippen molar-refractivity contribution in [3.8, 4) is 0 Å². The molecule has 0 radical (unpaired) electrons. The highest BCUT2D eigenvalue weighted by atomic mass is 16.4. The lowest BCUT2D eigenvalue weighted by atomic mass is 10.0. The Morgan fingerprint density at radius 3 is 2.31 bits per heavy atom. The van der Waals surface area contributed by atoms with E-state index in [2.05, 4.69) is 0 Å². The van der Waals surface area contributed by atoms with Crippen LogP contribution in [0.4, 0.5) is 4.79 Å². The maximum absolute atomic E-state index is 10.6. The van der Waals surface area contributed by atoms with Gasteiger partial charge in [0.2, 0.25) is 0 Å². The molecule has 0 aromatic rings. The predicted molar refractivity (Wildman–Crippen MR) is 41.4 cm³/mol. The molecule has 1 aliphatic heterocycles. The first-order valence-electron chi connectivity index (χ1n) is 3.93. The number of amides is 1. The molecule has 6 heteroatoms. The van der Waals surface area contributed by atoms with Gasteiger partial charge in [0, 0.05) is 0 Å². The molecule has 1 heterocycles. The number of nitrogens with zero attached hydrogens (tertiary/aromatic N) is 1. The third-order valence-corrected chi connectivity index (χ3v) is 2.09. The van der Waals surface area contributed by atoms with E-state index in [1.165, 1.54) is 0 Å². The molecule has 1 aliphatic rings. The fraction of sp³-hybridized carbons (Fsp3) is 0.714. The summed E-state index contributed by atoms with van der Waals surface area (Å²) in [5.74, 6) is -1.16. The van der Waals surface area contributed by atoms with Crippen LogP contribution in [0.2, 0.25) is 0 Å². The second-order valence-electron chi connectivity index (χ2n) is 3.02. The summed E-state index contributed by atoms with van der Waals surface area (Å²) in [7, 11) is 0. The van der Waals surface area contributed by atoms with Gasteiger partial charge >= 0.3 is 12.1 Å². The molecule has 1 rings (SSSR count). The average molecular weight is 189 g/mol. The van der Waals surface area contributed by atoms with Gasteiger partial charge in [0.15, 0.2) is 0 Å². The molecule has 0 bridgehead atoms. The number of rotatable bonds is 1. The van der Waals surface area contributed by atoms with Crippen molar-refractivity contribution in [3.05, 3.63) is 0 Å². The SMILES string of the molecule is O=C(O)C1CCC(O)CN1C(=O)O. The summed E-state index contributed by atoms with van der Waals surface area (Å²) in [6.07, 6.45) is -1.54. The highest BCUT2D eigenvalue weighted by molar-refractivity contribution is 5.79. The molecule has 2 unspecified atom stereocenters. The molecule has 6 nitrogen and oxygen atoms in total. The number of hydrogen-bond acceptors (Lipinski definition) is 3. The summed E-state index contributed by atoms with van der Waals surface area (Å²) in [5, 5.41) is 26.4. The zero-order chi connectivity index (χ0) is 10.0. The molecule has 13 heavy (non-hydrogen) atoms. The van der Waals surface area contributed by atoms with Crippen molar-refractivity contribution in [1.29, 1.82) is 0 Å². The first-order valence-corrected chi connectivity index (χ1v) is 3.93. The molecule has 3 N–H and O–H groups in total. The largest absolute Gasteiger partial charge is 0.480 e. The van der Waals surface area contributed by atoms with Crippen molar-refractivity contribution in [2.75, 3.05) is 6.54 Å². The molecular formula is C7H11NO5. The molecule has 2 atom stereocenters. The number of carboxylic acids is 1. The van der Waals surface area contributed by atoms with Crippen LogP contribution in [-0.2, 0) is 4.79 Å². The van der Waals surface area contributed by atoms with E-state index in [-0.39, 0.29) is 13.0 Å². The maximum Gasteiger partial charge on any atom is 0.408 e. The zero-order valence-corrected chi connectivity index (χ0v) is 6.88. The van der Waals surface area contributed by atoms with Crippen molar-refractivity contribution in [3.63, 3.8) is 0 Å². The summed E-state index contributed by atoms with van der Waals surface area (Å²) in [5.41, 5.74) is 0. The summed E-state index contributed by atoms with van der Waals surface area (Å²) >= 11 is 0. The lowest BCUT2D eigenvalue weighted by Crippen LogP contribution is -2.51. The summed E-state index contributed by atoms with van der Waals surface area (Å²) in [6.45, 7) is -0.119. The number of aliphatic hydroxyl groups excluding tert-OH is 1. The standard InChI is InChI=1S/C7H11NO5/c9-4-1-2-5(6(10)11)8(3-4)7(12)13/h4-5,9H,1-3H2,(H,10,11)(H,12,13). The van der Waals surface area contributed by atoms with Crippen LogP contribution < -0.4 is 0 Å². The molecule has 0 spiro atoms. The van der Waals surface area contributed by atoms with Gasteiger partial charge in [-0.1, -0.05) is 0 Å². The molecule has 1 saturated heterocycles. The lowest BCUT2D eigenvalue weighted by Gasteiger charge is -2.33. The minimum atomic E-state index is -1.30. The molecule has 0 aliphatic carbocycles. The van der Waals surface area contributed by atoms with E-state index in [1.807, 2.05) is 0 Å². The Hall–Kier alpha value is -1.30. The van der Waals surface area contributed by atoms with Gasteiger partial charge in [-0.3, -0.25) is 4.90 Å². The molecule has 0 aromatic carbocycles. The van der Waals surface area contributed by atoms with E-state index < -0.39 is 24.2 Å². The highest BCUT2D eigenvalue weighted by Gasteiger charge is 2.35. The van der Waals surface area contributed by atoms with Crippen LogP contribution in [0.3, 0.4) is 0 Å². The van der Waals surface area contributed by atoms with Crippen molar-refractivity contribution in [1.82, 2.24) is 4.90 Å². The molecule has 0 saturated carbocycles. The van der Waals surface area contributed by atoms with Gasteiger partial charge in [0.1, 0.15) is 6.04 Å². The van der Waals surface area contributed by atoms with Gasteiger partial charge in [0.25, 0.3) is 0 Å². The van der Waals surface area contributed by atoms with Crippen LogP contribution in [0, 0.1) is 0 Å². The maximum atomic E-state index is 10.6. The third-order valence-electron chi connectivity index (χ3n) is 2.09. The minimum Gasteiger partial charge on any atom is -0.480 e. The van der Waals surface area contributed by atoms with Gasteiger partial charge in [-0.2, -0.15) is 0 Å². The second-order valence-corrected chi connectivity index (χ2v) is 3.02. The smallest absolute Gasteiger partial charge is 0.408 e. The second kappa shape index (κ2) is 3.61. The van der Waals surface area contributed by atoms with Gasteiger partial charge in [-0.25, -0.2) is 9.59 Å². The molecular weight excluding hydrogens is 178 g/mol. The van der Waals surface area contributed by atoms with Crippen LogP contribution in [0.5, 0.6) is 0 Å². The zero-order valence-electron chi connectivity index (χ0n) is 6.88. The first-order chi connectivity index (χ1) is 6.02. The minimum absolute atomic E-state index is 0.119. The Labute approximate surface area is 74.4 Å². The van der Waals surface area contributed by atoms with E-state index in [0.717, 1.165) is 4.90 Å². The summed E-state index contributed by atoms with van der Waals surface area (Å²) in [4.78, 5) is 21.9. The Bertz CT molecular complexity index is 229. The third kappa shape index (κ3) is 2.09. The van der Waals surface area contributed by atoms with Crippen molar-refractivity contribution < 1.29 is 24.9 Å². The fourth-order valence-electron chi connectivity index (χ4n) is 1.42. The Morgan fingerprint density at radius 1 is 1.23 bits per heavy atom. The molecule has 1 fully saturated rings. The van der Waals surface area contributed by atoms with E-state index >= 15 is 0 Å². The van der Waals surface area contributed by atoms with Gasteiger partial charge in [-0.05, 0) is 12.8 Å². The quantitative estimate of drug-likeness (QED) is 0.520. The van der Waals surface area contributed by atoms with Crippen molar-refractivity contribution in [2.45, 2.75) is 25.0 Å². The lowest BCUT2D eigenvalue weighted by molar-refractivity contribution is -0.144. The summed E-state index contributed by atoms with van der Waals surface area (Å²) in [6, 6.07) is -1.01. The number of hydrogen-bond donors (Lipinski definition) is 3. The van der Waals surface area contributed by atoms with E-state index in [9.17, 15) is 9.59 Å². The Morgan fingerprint density at radius 2 is 1.85 bits per heavy atom. The Kier molecular flexibility index (Phi) is 2.72. The number of carbonyl (C=O) groups is 2. The van der Waals surface area contributed by atoms with E-state index in [0.29, 0.717) is 6.42 Å². The van der Waals surface area contributed by atoms with E-state index in [1.54, 1.807) is 0 Å². The van der Waals surface area contributed by atoms with Crippen molar-refractivity contribution in [2.24, 2.45) is 0 Å². The molecule has 1 amide bonds. The molecule has 74 valence electrons. The normalized spacial score (nSPS) is 28.5. The number of aliphatic hydroxyl groups is 1.